The molecule has 4 heteroatoms. The molecule has 19 heavy (non-hydrogen) atoms. The number of benzene rings is 1. The highest BCUT2D eigenvalue weighted by atomic mass is 35.5. The first-order valence-corrected chi connectivity index (χ1v) is 6.91. The summed E-state index contributed by atoms with van der Waals surface area (Å²) in [4.78, 5) is 14.7. The average molecular weight is 278 g/mol. The van der Waals surface area contributed by atoms with Crippen LogP contribution < -0.4 is 4.74 Å². The largest absolute Gasteiger partial charge is 0.496 e. The molecule has 3 rings (SSSR count). The number of fused-ring (bicyclic) bond motifs is 2. The van der Waals surface area contributed by atoms with Crippen LogP contribution in [-0.4, -0.2) is 30.0 Å². The number of hydrogen-bond acceptors (Lipinski definition) is 2. The van der Waals surface area contributed by atoms with Crippen molar-refractivity contribution < 1.29 is 9.53 Å². The Kier molecular flexibility index (Phi) is 3.23. The number of hydrogen-bond donors (Lipinski definition) is 0. The smallest absolute Gasteiger partial charge is 0.258 e. The van der Waals surface area contributed by atoms with Crippen LogP contribution in [0.15, 0.2) is 30.4 Å². The fourth-order valence-corrected chi connectivity index (χ4v) is 3.20. The summed E-state index contributed by atoms with van der Waals surface area (Å²) in [6.07, 6.45) is 7.40. The Morgan fingerprint density at radius 3 is 3.00 bits per heavy atom. The number of amides is 1. The van der Waals surface area contributed by atoms with Crippen LogP contribution in [0.4, 0.5) is 0 Å². The van der Waals surface area contributed by atoms with Gasteiger partial charge in [-0.2, -0.15) is 0 Å². The van der Waals surface area contributed by atoms with Crippen molar-refractivity contribution in [2.24, 2.45) is 0 Å². The maximum Gasteiger partial charge on any atom is 0.258 e. The van der Waals surface area contributed by atoms with Crippen LogP contribution in [0, 0.1) is 0 Å². The normalized spacial score (nSPS) is 24.6. The molecule has 0 aromatic heterocycles. The van der Waals surface area contributed by atoms with E-state index in [4.69, 9.17) is 16.3 Å². The van der Waals surface area contributed by atoms with Crippen molar-refractivity contribution in [3.05, 3.63) is 40.9 Å². The maximum atomic E-state index is 12.7. The highest BCUT2D eigenvalue weighted by Crippen LogP contribution is 2.34. The topological polar surface area (TPSA) is 29.5 Å². The molecule has 1 fully saturated rings. The van der Waals surface area contributed by atoms with Gasteiger partial charge in [0.15, 0.2) is 0 Å². The van der Waals surface area contributed by atoms with Gasteiger partial charge in [0.1, 0.15) is 5.75 Å². The maximum absolute atomic E-state index is 12.7. The molecule has 1 aromatic rings. The number of ether oxygens (including phenoxy) is 1. The van der Waals surface area contributed by atoms with Crippen molar-refractivity contribution in [1.29, 1.82) is 0 Å². The van der Waals surface area contributed by atoms with Gasteiger partial charge in [-0.3, -0.25) is 4.79 Å². The zero-order valence-corrected chi connectivity index (χ0v) is 11.6. The molecule has 2 aliphatic heterocycles. The number of rotatable bonds is 2. The molecule has 2 aliphatic rings. The van der Waals surface area contributed by atoms with Gasteiger partial charge in [-0.25, -0.2) is 0 Å². The van der Waals surface area contributed by atoms with Gasteiger partial charge in [-0.15, -0.1) is 0 Å². The standard InChI is InChI=1S/C15H16ClNO2/c1-19-14-8-5-10(16)9-13(14)15(18)17-11-3-2-4-12(17)7-6-11/h2-3,5,8-9,11-12H,4,6-7H2,1H3. The minimum Gasteiger partial charge on any atom is -0.496 e. The van der Waals surface area contributed by atoms with Crippen molar-refractivity contribution in [3.63, 3.8) is 0 Å². The van der Waals surface area contributed by atoms with Crippen molar-refractivity contribution in [2.75, 3.05) is 7.11 Å². The summed E-state index contributed by atoms with van der Waals surface area (Å²) in [5.41, 5.74) is 0.558. The van der Waals surface area contributed by atoms with Gasteiger partial charge in [0, 0.05) is 11.1 Å². The predicted octanol–water partition coefficient (Wildman–Crippen LogP) is 3.28. The Balaban J connectivity index is 1.96. The SMILES string of the molecule is COc1ccc(Cl)cc1C(=O)N1C2C=CCC1CC2. The molecule has 0 spiro atoms. The lowest BCUT2D eigenvalue weighted by molar-refractivity contribution is 0.0685. The minimum absolute atomic E-state index is 0.0243. The minimum atomic E-state index is 0.0243. The van der Waals surface area contributed by atoms with Gasteiger partial charge in [0.2, 0.25) is 0 Å². The van der Waals surface area contributed by atoms with Gasteiger partial charge in [-0.1, -0.05) is 23.8 Å². The Hall–Kier alpha value is -1.48. The Morgan fingerprint density at radius 2 is 2.26 bits per heavy atom. The molecule has 2 heterocycles. The van der Waals surface area contributed by atoms with Gasteiger partial charge in [-0.05, 0) is 37.5 Å². The average Bonchev–Trinajstić information content (AvgIpc) is 2.67. The van der Waals surface area contributed by atoms with Crippen molar-refractivity contribution in [1.82, 2.24) is 4.90 Å². The summed E-state index contributed by atoms with van der Waals surface area (Å²) in [5, 5.41) is 0.559. The fraction of sp³-hybridized carbons (Fsp3) is 0.400. The third-order valence-corrected chi connectivity index (χ3v) is 4.17. The molecule has 1 aromatic carbocycles. The van der Waals surface area contributed by atoms with Crippen LogP contribution in [0.3, 0.4) is 0 Å². The van der Waals surface area contributed by atoms with E-state index in [1.54, 1.807) is 25.3 Å². The Morgan fingerprint density at radius 1 is 1.42 bits per heavy atom. The van der Waals surface area contributed by atoms with E-state index in [9.17, 15) is 4.79 Å². The predicted molar refractivity (Wildman–Crippen MR) is 74.7 cm³/mol. The molecule has 2 bridgehead atoms. The number of nitrogens with zero attached hydrogens (tertiary/aromatic N) is 1. The molecule has 3 nitrogen and oxygen atoms in total. The third kappa shape index (κ3) is 2.12. The van der Waals surface area contributed by atoms with Crippen molar-refractivity contribution in [2.45, 2.75) is 31.3 Å². The molecule has 100 valence electrons. The summed E-state index contributed by atoms with van der Waals surface area (Å²) >= 11 is 6.00. The van der Waals surface area contributed by atoms with E-state index in [0.717, 1.165) is 19.3 Å². The van der Waals surface area contributed by atoms with E-state index < -0.39 is 0 Å². The second-order valence-electron chi connectivity index (χ2n) is 5.02. The van der Waals surface area contributed by atoms with E-state index in [-0.39, 0.29) is 11.9 Å². The van der Waals surface area contributed by atoms with E-state index in [1.807, 2.05) is 4.90 Å². The van der Waals surface area contributed by atoms with Gasteiger partial charge in [0.05, 0.1) is 18.7 Å². The van der Waals surface area contributed by atoms with Crippen LogP contribution in [0.25, 0.3) is 0 Å². The number of methoxy groups -OCH3 is 1. The van der Waals surface area contributed by atoms with E-state index >= 15 is 0 Å². The molecule has 0 aliphatic carbocycles. The fourth-order valence-electron chi connectivity index (χ4n) is 3.03. The van der Waals surface area contributed by atoms with Crippen LogP contribution in [0.5, 0.6) is 5.75 Å². The summed E-state index contributed by atoms with van der Waals surface area (Å²) in [5.74, 6) is 0.611. The second kappa shape index (κ2) is 4.89. The summed E-state index contributed by atoms with van der Waals surface area (Å²) in [7, 11) is 1.57. The Labute approximate surface area is 117 Å². The van der Waals surface area contributed by atoms with E-state index in [2.05, 4.69) is 12.2 Å². The second-order valence-corrected chi connectivity index (χ2v) is 5.46. The number of carbonyl (C=O) groups excluding carboxylic acids is 1. The third-order valence-electron chi connectivity index (χ3n) is 3.94. The van der Waals surface area contributed by atoms with Gasteiger partial charge < -0.3 is 9.64 Å². The summed E-state index contributed by atoms with van der Waals surface area (Å²) in [6.45, 7) is 0. The molecular weight excluding hydrogens is 262 g/mol. The van der Waals surface area contributed by atoms with Crippen LogP contribution in [0.2, 0.25) is 5.02 Å². The molecule has 1 saturated heterocycles. The van der Waals surface area contributed by atoms with Gasteiger partial charge in [0.25, 0.3) is 5.91 Å². The van der Waals surface area contributed by atoms with Gasteiger partial charge >= 0.3 is 0 Å². The first-order chi connectivity index (χ1) is 9.20. The molecule has 0 saturated carbocycles. The highest BCUT2D eigenvalue weighted by Gasteiger charge is 2.38. The van der Waals surface area contributed by atoms with Crippen molar-refractivity contribution in [3.8, 4) is 5.75 Å². The first-order valence-electron chi connectivity index (χ1n) is 6.53. The molecular formula is C15H16ClNO2. The van der Waals surface area contributed by atoms with Crippen LogP contribution >= 0.6 is 11.6 Å². The van der Waals surface area contributed by atoms with E-state index in [1.165, 1.54) is 0 Å². The highest BCUT2D eigenvalue weighted by molar-refractivity contribution is 6.31. The lowest BCUT2D eigenvalue weighted by Gasteiger charge is -2.32. The van der Waals surface area contributed by atoms with Crippen molar-refractivity contribution >= 4 is 17.5 Å². The number of halogens is 1. The quantitative estimate of drug-likeness (QED) is 0.777. The molecule has 1 amide bonds. The van der Waals surface area contributed by atoms with Crippen LogP contribution in [-0.2, 0) is 0 Å². The molecule has 0 radical (unpaired) electrons. The van der Waals surface area contributed by atoms with Crippen LogP contribution in [0.1, 0.15) is 29.6 Å². The zero-order chi connectivity index (χ0) is 13.4. The Bertz CT molecular complexity index is 541. The monoisotopic (exact) mass is 277 g/mol. The first kappa shape index (κ1) is 12.5. The van der Waals surface area contributed by atoms with E-state index in [0.29, 0.717) is 22.4 Å². The summed E-state index contributed by atoms with van der Waals surface area (Å²) < 4.78 is 5.28. The zero-order valence-electron chi connectivity index (χ0n) is 10.8. The summed E-state index contributed by atoms with van der Waals surface area (Å²) in [6, 6.07) is 5.74. The number of carbonyl (C=O) groups is 1. The lowest BCUT2D eigenvalue weighted by Crippen LogP contribution is -2.42. The molecule has 0 N–H and O–H groups in total. The lowest BCUT2D eigenvalue weighted by atomic mass is 10.1. The molecule has 2 unspecified atom stereocenters. The molecule has 2 atom stereocenters.